The van der Waals surface area contributed by atoms with Crippen LogP contribution in [0.25, 0.3) is 0 Å². The molecule has 1 atom stereocenters. The highest BCUT2D eigenvalue weighted by Gasteiger charge is 2.33. The molecule has 2 N–H and O–H groups in total. The van der Waals surface area contributed by atoms with Crippen molar-refractivity contribution in [2.45, 2.75) is 18.9 Å². The third-order valence-corrected chi connectivity index (χ3v) is 3.89. The minimum Gasteiger partial charge on any atom is -0.372 e. The molecule has 0 saturated carbocycles. The summed E-state index contributed by atoms with van der Waals surface area (Å²) in [5.74, 6) is 0. The summed E-state index contributed by atoms with van der Waals surface area (Å²) in [6.07, 6.45) is 0.708. The maximum atomic E-state index is 12.1. The highest BCUT2D eigenvalue weighted by Crippen LogP contribution is 2.28. The summed E-state index contributed by atoms with van der Waals surface area (Å²) in [6, 6.07) is 9.02. The fourth-order valence-electron chi connectivity index (χ4n) is 2.49. The number of nitrogens with zero attached hydrogens (tertiary/aromatic N) is 1. The van der Waals surface area contributed by atoms with Gasteiger partial charge in [0.25, 0.3) is 0 Å². The molecule has 0 aliphatic carbocycles. The maximum Gasteiger partial charge on any atom is 0.325 e. The van der Waals surface area contributed by atoms with Crippen LogP contribution in [0.15, 0.2) is 30.3 Å². The second-order valence-corrected chi connectivity index (χ2v) is 4.96. The number of imide groups is 1. The number of hydrogen-bond donors (Lipinski definition) is 2. The lowest BCUT2D eigenvalue weighted by Crippen LogP contribution is -2.48. The van der Waals surface area contributed by atoms with Crippen molar-refractivity contribution < 1.29 is 14.3 Å². The molecule has 1 heterocycles. The number of methoxy groups -OCH3 is 1. The molecule has 1 aliphatic heterocycles. The van der Waals surface area contributed by atoms with E-state index >= 15 is 0 Å². The number of carbonyl (C=O) groups is 2. The highest BCUT2D eigenvalue weighted by atomic mass is 16.5. The van der Waals surface area contributed by atoms with Gasteiger partial charge in [-0.05, 0) is 12.0 Å². The molecule has 0 radical (unpaired) electrons. The van der Waals surface area contributed by atoms with Crippen LogP contribution in [0.3, 0.4) is 0 Å². The first kappa shape index (κ1) is 15.3. The summed E-state index contributed by atoms with van der Waals surface area (Å²) in [5, 5.41) is 5.40. The van der Waals surface area contributed by atoms with Crippen LogP contribution < -0.4 is 10.6 Å². The van der Waals surface area contributed by atoms with Crippen LogP contribution in [0.5, 0.6) is 0 Å². The van der Waals surface area contributed by atoms with Crippen LogP contribution in [-0.2, 0) is 10.3 Å². The number of benzene rings is 1. The monoisotopic (exact) mass is 291 g/mol. The normalized spacial score (nSPS) is 17.2. The Kier molecular flexibility index (Phi) is 4.80. The Hall–Kier alpha value is -2.08. The zero-order valence-electron chi connectivity index (χ0n) is 12.4. The van der Waals surface area contributed by atoms with Gasteiger partial charge in [-0.2, -0.15) is 0 Å². The van der Waals surface area contributed by atoms with Gasteiger partial charge in [-0.1, -0.05) is 37.3 Å². The van der Waals surface area contributed by atoms with E-state index in [0.717, 1.165) is 5.56 Å². The van der Waals surface area contributed by atoms with E-state index in [-0.39, 0.29) is 6.03 Å². The van der Waals surface area contributed by atoms with Gasteiger partial charge in [0.2, 0.25) is 0 Å². The SMILES string of the molecule is CCC(CNC(=O)N1CCNC1=O)(OC)c1ccccc1. The van der Waals surface area contributed by atoms with Crippen LogP contribution in [0, 0.1) is 0 Å². The summed E-state index contributed by atoms with van der Waals surface area (Å²) in [4.78, 5) is 24.7. The minimum absolute atomic E-state index is 0.312. The molecule has 1 fully saturated rings. The zero-order valence-corrected chi connectivity index (χ0v) is 12.4. The lowest BCUT2D eigenvalue weighted by molar-refractivity contribution is -0.0157. The van der Waals surface area contributed by atoms with Crippen molar-refractivity contribution in [3.8, 4) is 0 Å². The molecule has 2 rings (SSSR count). The highest BCUT2D eigenvalue weighted by molar-refractivity contribution is 5.94. The summed E-state index contributed by atoms with van der Waals surface area (Å²) in [7, 11) is 1.63. The van der Waals surface area contributed by atoms with E-state index in [1.807, 2.05) is 37.3 Å². The van der Waals surface area contributed by atoms with Crippen molar-refractivity contribution >= 4 is 12.1 Å². The van der Waals surface area contributed by atoms with Crippen molar-refractivity contribution in [1.82, 2.24) is 15.5 Å². The molecular weight excluding hydrogens is 270 g/mol. The van der Waals surface area contributed by atoms with E-state index in [1.54, 1.807) is 7.11 Å². The molecule has 1 unspecified atom stereocenters. The van der Waals surface area contributed by atoms with Gasteiger partial charge in [-0.15, -0.1) is 0 Å². The lowest BCUT2D eigenvalue weighted by Gasteiger charge is -2.32. The maximum absolute atomic E-state index is 12.1. The van der Waals surface area contributed by atoms with Crippen molar-refractivity contribution in [1.29, 1.82) is 0 Å². The minimum atomic E-state index is -0.590. The topological polar surface area (TPSA) is 70.7 Å². The molecule has 21 heavy (non-hydrogen) atoms. The van der Waals surface area contributed by atoms with Gasteiger partial charge in [0.05, 0.1) is 6.54 Å². The Labute approximate surface area is 124 Å². The molecule has 0 aromatic heterocycles. The number of rotatable bonds is 5. The van der Waals surface area contributed by atoms with E-state index in [2.05, 4.69) is 10.6 Å². The van der Waals surface area contributed by atoms with Gasteiger partial charge in [-0.3, -0.25) is 0 Å². The Bertz CT molecular complexity index is 500. The van der Waals surface area contributed by atoms with E-state index in [9.17, 15) is 9.59 Å². The van der Waals surface area contributed by atoms with E-state index in [1.165, 1.54) is 4.90 Å². The average Bonchev–Trinajstić information content (AvgIpc) is 2.96. The third-order valence-electron chi connectivity index (χ3n) is 3.89. The predicted molar refractivity (Wildman–Crippen MR) is 78.9 cm³/mol. The number of carbonyl (C=O) groups excluding carboxylic acids is 2. The Morgan fingerprint density at radius 3 is 2.67 bits per heavy atom. The van der Waals surface area contributed by atoms with E-state index in [4.69, 9.17) is 4.74 Å². The smallest absolute Gasteiger partial charge is 0.325 e. The van der Waals surface area contributed by atoms with Crippen LogP contribution >= 0.6 is 0 Å². The van der Waals surface area contributed by atoms with Gasteiger partial charge in [0.1, 0.15) is 5.60 Å². The van der Waals surface area contributed by atoms with Crippen molar-refractivity contribution in [3.05, 3.63) is 35.9 Å². The van der Waals surface area contributed by atoms with Crippen LogP contribution in [0.4, 0.5) is 9.59 Å². The molecule has 1 saturated heterocycles. The molecule has 4 amide bonds. The largest absolute Gasteiger partial charge is 0.372 e. The number of urea groups is 2. The second-order valence-electron chi connectivity index (χ2n) is 4.96. The molecule has 6 nitrogen and oxygen atoms in total. The summed E-state index contributed by atoms with van der Waals surface area (Å²) in [6.45, 7) is 3.20. The van der Waals surface area contributed by atoms with Gasteiger partial charge in [0.15, 0.2) is 0 Å². The molecular formula is C15H21N3O3. The molecule has 0 spiro atoms. The number of ether oxygens (including phenoxy) is 1. The quantitative estimate of drug-likeness (QED) is 0.867. The van der Waals surface area contributed by atoms with Crippen LogP contribution in [-0.4, -0.2) is 43.7 Å². The zero-order chi connectivity index (χ0) is 15.3. The summed E-state index contributed by atoms with van der Waals surface area (Å²) < 4.78 is 5.68. The fourth-order valence-corrected chi connectivity index (χ4v) is 2.49. The first-order valence-corrected chi connectivity index (χ1v) is 7.07. The van der Waals surface area contributed by atoms with Crippen molar-refractivity contribution in [2.75, 3.05) is 26.7 Å². The van der Waals surface area contributed by atoms with E-state index < -0.39 is 11.6 Å². The number of nitrogens with one attached hydrogen (secondary N) is 2. The van der Waals surface area contributed by atoms with Gasteiger partial charge in [0, 0.05) is 20.2 Å². The molecule has 1 aliphatic rings. The first-order chi connectivity index (χ1) is 10.1. The van der Waals surface area contributed by atoms with Crippen LogP contribution in [0.2, 0.25) is 0 Å². The Morgan fingerprint density at radius 1 is 1.43 bits per heavy atom. The number of hydrogen-bond acceptors (Lipinski definition) is 3. The van der Waals surface area contributed by atoms with Gasteiger partial charge < -0.3 is 15.4 Å². The molecule has 6 heteroatoms. The fraction of sp³-hybridized carbons (Fsp3) is 0.467. The second kappa shape index (κ2) is 6.58. The Morgan fingerprint density at radius 2 is 2.14 bits per heavy atom. The predicted octanol–water partition coefficient (Wildman–Crippen LogP) is 1.67. The number of amides is 4. The summed E-state index contributed by atoms with van der Waals surface area (Å²) >= 11 is 0. The lowest BCUT2D eigenvalue weighted by atomic mass is 9.90. The first-order valence-electron chi connectivity index (χ1n) is 7.07. The Balaban J connectivity index is 2.07. The standard InChI is InChI=1S/C15H21N3O3/c1-3-15(21-2,12-7-5-4-6-8-12)11-17-14(20)18-10-9-16-13(18)19/h4-8H,3,9-11H2,1-2H3,(H,16,19)(H,17,20). The van der Waals surface area contributed by atoms with Crippen LogP contribution in [0.1, 0.15) is 18.9 Å². The molecule has 114 valence electrons. The van der Waals surface area contributed by atoms with Gasteiger partial charge in [-0.25, -0.2) is 14.5 Å². The molecule has 0 bridgehead atoms. The van der Waals surface area contributed by atoms with Crippen molar-refractivity contribution in [2.24, 2.45) is 0 Å². The summed E-state index contributed by atoms with van der Waals surface area (Å²) in [5.41, 5.74) is 0.411. The van der Waals surface area contributed by atoms with Crippen molar-refractivity contribution in [3.63, 3.8) is 0 Å². The molecule has 1 aromatic rings. The molecule has 1 aromatic carbocycles. The van der Waals surface area contributed by atoms with E-state index in [0.29, 0.717) is 26.1 Å². The average molecular weight is 291 g/mol. The van der Waals surface area contributed by atoms with Gasteiger partial charge >= 0.3 is 12.1 Å². The third kappa shape index (κ3) is 3.16.